The number of unbranched alkanes of at least 4 members (excludes halogenated alkanes) is 12. The SMILES string of the molecule is CCCCCCCCCCCCc1ccc(C(=O)C(CCCCCC)=NO)cc1. The van der Waals surface area contributed by atoms with Gasteiger partial charge in [0.15, 0.2) is 0 Å². The summed E-state index contributed by atoms with van der Waals surface area (Å²) in [5, 5.41) is 12.5. The quantitative estimate of drug-likeness (QED) is 0.0887. The number of rotatable bonds is 18. The molecule has 0 aliphatic carbocycles. The minimum Gasteiger partial charge on any atom is -0.411 e. The van der Waals surface area contributed by atoms with Crippen LogP contribution >= 0.6 is 0 Å². The third-order valence-corrected chi connectivity index (χ3v) is 5.69. The van der Waals surface area contributed by atoms with Gasteiger partial charge in [0.05, 0.1) is 0 Å². The molecule has 0 amide bonds. The van der Waals surface area contributed by atoms with Gasteiger partial charge in [-0.15, -0.1) is 0 Å². The molecule has 0 atom stereocenters. The standard InChI is InChI=1S/C26H43NO2/c1-3-5-7-9-10-11-12-13-14-15-17-23-19-21-24(22-20-23)26(28)25(27-29)18-16-8-6-4-2/h19-22,29H,3-18H2,1-2H3. The normalized spacial score (nSPS) is 11.7. The van der Waals surface area contributed by atoms with Crippen LogP contribution in [-0.4, -0.2) is 16.7 Å². The molecule has 0 saturated carbocycles. The van der Waals surface area contributed by atoms with E-state index in [1.807, 2.05) is 24.3 Å². The summed E-state index contributed by atoms with van der Waals surface area (Å²) in [6, 6.07) is 7.86. The van der Waals surface area contributed by atoms with Crippen molar-refractivity contribution in [2.45, 2.75) is 117 Å². The highest BCUT2D eigenvalue weighted by Gasteiger charge is 2.14. The molecule has 0 saturated heterocycles. The Labute approximate surface area is 179 Å². The molecule has 0 aromatic heterocycles. The van der Waals surface area contributed by atoms with E-state index >= 15 is 0 Å². The van der Waals surface area contributed by atoms with Gasteiger partial charge in [-0.3, -0.25) is 4.79 Å². The summed E-state index contributed by atoms with van der Waals surface area (Å²) in [7, 11) is 0. The number of oxime groups is 1. The summed E-state index contributed by atoms with van der Waals surface area (Å²) in [5.41, 5.74) is 2.19. The fourth-order valence-electron chi connectivity index (χ4n) is 3.73. The molecule has 1 rings (SSSR count). The first-order valence-electron chi connectivity index (χ1n) is 12.1. The van der Waals surface area contributed by atoms with E-state index in [-0.39, 0.29) is 11.5 Å². The number of hydrogen-bond acceptors (Lipinski definition) is 3. The topological polar surface area (TPSA) is 49.7 Å². The van der Waals surface area contributed by atoms with Gasteiger partial charge in [-0.2, -0.15) is 0 Å². The van der Waals surface area contributed by atoms with Crippen molar-refractivity contribution in [3.05, 3.63) is 35.4 Å². The lowest BCUT2D eigenvalue weighted by Gasteiger charge is -2.06. The number of benzene rings is 1. The Balaban J connectivity index is 2.23. The number of carbonyl (C=O) groups is 1. The lowest BCUT2D eigenvalue weighted by Crippen LogP contribution is -2.14. The zero-order chi connectivity index (χ0) is 21.2. The molecule has 1 aromatic rings. The molecular formula is C26H43NO2. The predicted molar refractivity (Wildman–Crippen MR) is 124 cm³/mol. The van der Waals surface area contributed by atoms with Crippen molar-refractivity contribution in [2.75, 3.05) is 0 Å². The van der Waals surface area contributed by atoms with Crippen LogP contribution in [0, 0.1) is 0 Å². The molecule has 0 aliphatic rings. The number of ketones is 1. The van der Waals surface area contributed by atoms with E-state index in [1.165, 1.54) is 69.8 Å². The van der Waals surface area contributed by atoms with Gasteiger partial charge in [-0.1, -0.05) is 120 Å². The molecule has 0 unspecified atom stereocenters. The average Bonchev–Trinajstić information content (AvgIpc) is 2.75. The smallest absolute Gasteiger partial charge is 0.210 e. The van der Waals surface area contributed by atoms with Crippen molar-refractivity contribution in [2.24, 2.45) is 5.16 Å². The molecule has 3 heteroatoms. The molecule has 0 aliphatic heterocycles. The number of nitrogens with zero attached hydrogens (tertiary/aromatic N) is 1. The van der Waals surface area contributed by atoms with E-state index in [0.717, 1.165) is 32.1 Å². The second-order valence-electron chi connectivity index (χ2n) is 8.32. The van der Waals surface area contributed by atoms with Crippen molar-refractivity contribution < 1.29 is 10.0 Å². The van der Waals surface area contributed by atoms with Crippen LogP contribution in [0.4, 0.5) is 0 Å². The minimum atomic E-state index is -0.144. The number of Topliss-reactive ketones (excluding diaryl/α,β-unsaturated/α-hetero) is 1. The Hall–Kier alpha value is -1.64. The van der Waals surface area contributed by atoms with Crippen molar-refractivity contribution in [3.63, 3.8) is 0 Å². The predicted octanol–water partition coefficient (Wildman–Crippen LogP) is 8.13. The van der Waals surface area contributed by atoms with Gasteiger partial charge >= 0.3 is 0 Å². The van der Waals surface area contributed by atoms with E-state index < -0.39 is 0 Å². The number of carbonyl (C=O) groups excluding carboxylic acids is 1. The van der Waals surface area contributed by atoms with Gasteiger partial charge in [0.1, 0.15) is 5.71 Å². The maximum atomic E-state index is 12.5. The van der Waals surface area contributed by atoms with Crippen LogP contribution in [0.1, 0.15) is 126 Å². The number of aryl methyl sites for hydroxylation is 1. The highest BCUT2D eigenvalue weighted by Crippen LogP contribution is 2.14. The van der Waals surface area contributed by atoms with Crippen LogP contribution < -0.4 is 0 Å². The van der Waals surface area contributed by atoms with Crippen molar-refractivity contribution in [1.82, 2.24) is 0 Å². The van der Waals surface area contributed by atoms with Crippen LogP contribution in [0.25, 0.3) is 0 Å². The van der Waals surface area contributed by atoms with Gasteiger partial charge < -0.3 is 5.21 Å². The first kappa shape index (κ1) is 25.4. The molecule has 0 heterocycles. The third-order valence-electron chi connectivity index (χ3n) is 5.69. The Bertz CT molecular complexity index is 563. The van der Waals surface area contributed by atoms with Crippen molar-refractivity contribution >= 4 is 11.5 Å². The van der Waals surface area contributed by atoms with Crippen LogP contribution in [0.5, 0.6) is 0 Å². The van der Waals surface area contributed by atoms with Crippen LogP contribution in [0.3, 0.4) is 0 Å². The molecular weight excluding hydrogens is 358 g/mol. The van der Waals surface area contributed by atoms with Crippen LogP contribution in [0.15, 0.2) is 29.4 Å². The summed E-state index contributed by atoms with van der Waals surface area (Å²) in [4.78, 5) is 12.5. The summed E-state index contributed by atoms with van der Waals surface area (Å²) in [5.74, 6) is -0.144. The Morgan fingerprint density at radius 2 is 1.21 bits per heavy atom. The molecule has 0 fully saturated rings. The minimum absolute atomic E-state index is 0.144. The van der Waals surface area contributed by atoms with E-state index in [4.69, 9.17) is 0 Å². The highest BCUT2D eigenvalue weighted by atomic mass is 16.4. The Kier molecular flexibility index (Phi) is 15.1. The van der Waals surface area contributed by atoms with Crippen LogP contribution in [-0.2, 0) is 6.42 Å². The van der Waals surface area contributed by atoms with Crippen molar-refractivity contribution in [3.8, 4) is 0 Å². The summed E-state index contributed by atoms with van der Waals surface area (Å²) in [6.07, 6.45) is 19.4. The first-order valence-corrected chi connectivity index (χ1v) is 12.1. The Morgan fingerprint density at radius 3 is 1.72 bits per heavy atom. The largest absolute Gasteiger partial charge is 0.411 e. The molecule has 0 bridgehead atoms. The van der Waals surface area contributed by atoms with Gasteiger partial charge in [0.25, 0.3) is 0 Å². The van der Waals surface area contributed by atoms with Gasteiger partial charge in [0, 0.05) is 5.56 Å². The monoisotopic (exact) mass is 401 g/mol. The van der Waals surface area contributed by atoms with E-state index in [1.54, 1.807) is 0 Å². The molecule has 0 radical (unpaired) electrons. The lowest BCUT2D eigenvalue weighted by molar-refractivity contribution is 0.105. The summed E-state index contributed by atoms with van der Waals surface area (Å²) >= 11 is 0. The zero-order valence-electron chi connectivity index (χ0n) is 18.9. The van der Waals surface area contributed by atoms with Gasteiger partial charge in [-0.05, 0) is 31.2 Å². The van der Waals surface area contributed by atoms with Crippen molar-refractivity contribution in [1.29, 1.82) is 0 Å². The molecule has 29 heavy (non-hydrogen) atoms. The molecule has 3 nitrogen and oxygen atoms in total. The summed E-state index contributed by atoms with van der Waals surface area (Å²) < 4.78 is 0. The summed E-state index contributed by atoms with van der Waals surface area (Å²) in [6.45, 7) is 4.42. The Morgan fingerprint density at radius 1 is 0.724 bits per heavy atom. The zero-order valence-corrected chi connectivity index (χ0v) is 18.9. The van der Waals surface area contributed by atoms with Gasteiger partial charge in [-0.25, -0.2) is 0 Å². The first-order chi connectivity index (χ1) is 14.2. The fourth-order valence-corrected chi connectivity index (χ4v) is 3.73. The third kappa shape index (κ3) is 11.8. The second kappa shape index (κ2) is 17.2. The van der Waals surface area contributed by atoms with Crippen LogP contribution in [0.2, 0.25) is 0 Å². The number of hydrogen-bond donors (Lipinski definition) is 1. The maximum Gasteiger partial charge on any atom is 0.210 e. The molecule has 1 N–H and O–H groups in total. The van der Waals surface area contributed by atoms with Gasteiger partial charge in [0.2, 0.25) is 5.78 Å². The maximum absolute atomic E-state index is 12.5. The van der Waals surface area contributed by atoms with E-state index in [0.29, 0.717) is 12.0 Å². The molecule has 1 aromatic carbocycles. The van der Waals surface area contributed by atoms with E-state index in [2.05, 4.69) is 19.0 Å². The fraction of sp³-hybridized carbons (Fsp3) is 0.692. The highest BCUT2D eigenvalue weighted by molar-refractivity contribution is 6.45. The average molecular weight is 402 g/mol. The van der Waals surface area contributed by atoms with E-state index in [9.17, 15) is 10.0 Å². The lowest BCUT2D eigenvalue weighted by atomic mass is 9.99. The molecule has 0 spiro atoms. The second-order valence-corrected chi connectivity index (χ2v) is 8.32. The molecule has 164 valence electrons.